The molecule has 0 spiro atoms. The van der Waals surface area contributed by atoms with Crippen molar-refractivity contribution in [2.45, 2.75) is 18.8 Å². The van der Waals surface area contributed by atoms with E-state index < -0.39 is 0 Å². The lowest BCUT2D eigenvalue weighted by atomic mass is 9.84. The van der Waals surface area contributed by atoms with Gasteiger partial charge in [-0.15, -0.1) is 0 Å². The zero-order valence-electron chi connectivity index (χ0n) is 13.2. The van der Waals surface area contributed by atoms with Crippen LogP contribution in [0, 0.1) is 11.3 Å². The second kappa shape index (κ2) is 6.94. The third-order valence-corrected chi connectivity index (χ3v) is 4.20. The molecule has 3 aromatic carbocycles. The molecule has 1 unspecified atom stereocenters. The van der Waals surface area contributed by atoms with Gasteiger partial charge in [-0.2, -0.15) is 5.26 Å². The summed E-state index contributed by atoms with van der Waals surface area (Å²) in [5.74, 6) is 0.0883. The molecule has 1 heteroatoms. The lowest BCUT2D eigenvalue weighted by molar-refractivity contribution is 0.941. The fourth-order valence-electron chi connectivity index (χ4n) is 2.95. The van der Waals surface area contributed by atoms with E-state index in [0.717, 1.165) is 5.56 Å². The van der Waals surface area contributed by atoms with Crippen molar-refractivity contribution in [1.29, 1.82) is 5.26 Å². The summed E-state index contributed by atoms with van der Waals surface area (Å²) in [6.07, 6.45) is 0. The highest BCUT2D eigenvalue weighted by atomic mass is 14.3. The zero-order chi connectivity index (χ0) is 16.1. The molecule has 0 saturated heterocycles. The molecule has 23 heavy (non-hydrogen) atoms. The maximum absolute atomic E-state index is 9.20. The van der Waals surface area contributed by atoms with E-state index in [9.17, 15) is 5.26 Å². The first-order valence-electron chi connectivity index (χ1n) is 7.89. The zero-order valence-corrected chi connectivity index (χ0v) is 13.2. The molecule has 112 valence electrons. The highest BCUT2D eigenvalue weighted by Crippen LogP contribution is 2.33. The van der Waals surface area contributed by atoms with Gasteiger partial charge in [0.05, 0.1) is 12.0 Å². The maximum atomic E-state index is 9.20. The van der Waals surface area contributed by atoms with Crippen LogP contribution in [0.4, 0.5) is 0 Å². The van der Waals surface area contributed by atoms with Crippen LogP contribution in [0.3, 0.4) is 0 Å². The summed E-state index contributed by atoms with van der Waals surface area (Å²) in [5, 5.41) is 9.20. The van der Waals surface area contributed by atoms with Gasteiger partial charge in [0.25, 0.3) is 0 Å². The lowest BCUT2D eigenvalue weighted by Crippen LogP contribution is -2.04. The highest BCUT2D eigenvalue weighted by molar-refractivity contribution is 5.44. The Hall–Kier alpha value is -2.85. The summed E-state index contributed by atoms with van der Waals surface area (Å²) in [6.45, 7) is 1.94. The minimum atomic E-state index is -0.0952. The molecule has 0 radical (unpaired) electrons. The molecule has 1 nitrogen and oxygen atoms in total. The van der Waals surface area contributed by atoms with Gasteiger partial charge >= 0.3 is 0 Å². The molecule has 0 amide bonds. The van der Waals surface area contributed by atoms with Crippen molar-refractivity contribution in [2.75, 3.05) is 0 Å². The average Bonchev–Trinajstić information content (AvgIpc) is 2.63. The SMILES string of the molecule is CC(C#N)c1cccc(C(c2ccccc2)c2ccccc2)c1. The van der Waals surface area contributed by atoms with Crippen LogP contribution in [0.1, 0.15) is 41.0 Å². The predicted molar refractivity (Wildman–Crippen MR) is 94.3 cm³/mol. The Morgan fingerprint density at radius 3 is 1.65 bits per heavy atom. The van der Waals surface area contributed by atoms with Gasteiger partial charge in [0.1, 0.15) is 0 Å². The summed E-state index contributed by atoms with van der Waals surface area (Å²) in [6, 6.07) is 31.8. The van der Waals surface area contributed by atoms with Gasteiger partial charge in [0.2, 0.25) is 0 Å². The smallest absolute Gasteiger partial charge is 0.0700 e. The Labute approximate surface area is 137 Å². The minimum absolute atomic E-state index is 0.0952. The molecule has 3 rings (SSSR count). The molecule has 0 heterocycles. The molecule has 0 N–H and O–H groups in total. The van der Waals surface area contributed by atoms with Gasteiger partial charge in [-0.1, -0.05) is 84.9 Å². The summed E-state index contributed by atoms with van der Waals surface area (Å²) < 4.78 is 0. The van der Waals surface area contributed by atoms with Gasteiger partial charge in [0.15, 0.2) is 0 Å². The molecule has 0 aromatic heterocycles. The van der Waals surface area contributed by atoms with Crippen molar-refractivity contribution in [1.82, 2.24) is 0 Å². The number of hydrogen-bond acceptors (Lipinski definition) is 1. The lowest BCUT2D eigenvalue weighted by Gasteiger charge is -2.20. The fraction of sp³-hybridized carbons (Fsp3) is 0.136. The maximum Gasteiger partial charge on any atom is 0.0700 e. The van der Waals surface area contributed by atoms with Crippen LogP contribution in [0.5, 0.6) is 0 Å². The van der Waals surface area contributed by atoms with Crippen LogP contribution in [0.15, 0.2) is 84.9 Å². The summed E-state index contributed by atoms with van der Waals surface area (Å²) >= 11 is 0. The van der Waals surface area contributed by atoms with Gasteiger partial charge in [-0.3, -0.25) is 0 Å². The van der Waals surface area contributed by atoms with Gasteiger partial charge in [-0.05, 0) is 29.2 Å². The number of rotatable bonds is 4. The van der Waals surface area contributed by atoms with Crippen molar-refractivity contribution >= 4 is 0 Å². The third kappa shape index (κ3) is 3.33. The number of hydrogen-bond donors (Lipinski definition) is 0. The van der Waals surface area contributed by atoms with Crippen molar-refractivity contribution in [3.63, 3.8) is 0 Å². The van der Waals surface area contributed by atoms with Crippen molar-refractivity contribution in [3.05, 3.63) is 107 Å². The van der Waals surface area contributed by atoms with E-state index in [4.69, 9.17) is 0 Å². The normalized spacial score (nSPS) is 11.9. The monoisotopic (exact) mass is 297 g/mol. The first-order valence-corrected chi connectivity index (χ1v) is 7.89. The van der Waals surface area contributed by atoms with Gasteiger partial charge < -0.3 is 0 Å². The average molecular weight is 297 g/mol. The summed E-state index contributed by atoms with van der Waals surface area (Å²) in [7, 11) is 0. The van der Waals surface area contributed by atoms with Crippen LogP contribution in [0.2, 0.25) is 0 Å². The van der Waals surface area contributed by atoms with Gasteiger partial charge in [0, 0.05) is 5.92 Å². The quantitative estimate of drug-likeness (QED) is 0.584. The molecular formula is C22H19N. The van der Waals surface area contributed by atoms with E-state index in [1.807, 2.05) is 25.1 Å². The molecule has 0 aliphatic rings. The molecular weight excluding hydrogens is 278 g/mol. The molecule has 1 atom stereocenters. The molecule has 0 aliphatic carbocycles. The standard InChI is InChI=1S/C22H19N/c1-17(16-23)20-13-8-14-21(15-20)22(18-9-4-2-5-10-18)19-11-6-3-7-12-19/h2-15,17,22H,1H3. The Kier molecular flexibility index (Phi) is 4.54. The van der Waals surface area contributed by atoms with E-state index in [2.05, 4.69) is 72.8 Å². The molecule has 0 fully saturated rings. The number of benzene rings is 3. The van der Waals surface area contributed by atoms with E-state index in [0.29, 0.717) is 0 Å². The first kappa shape index (κ1) is 15.1. The highest BCUT2D eigenvalue weighted by Gasteiger charge is 2.17. The Bertz CT molecular complexity index is 761. The van der Waals surface area contributed by atoms with E-state index in [1.54, 1.807) is 0 Å². The number of nitriles is 1. The predicted octanol–water partition coefficient (Wildman–Crippen LogP) is 5.49. The molecule has 0 saturated carbocycles. The fourth-order valence-corrected chi connectivity index (χ4v) is 2.95. The van der Waals surface area contributed by atoms with Crippen LogP contribution in [-0.2, 0) is 0 Å². The second-order valence-corrected chi connectivity index (χ2v) is 5.78. The molecule has 0 bridgehead atoms. The Balaban J connectivity index is 2.12. The third-order valence-electron chi connectivity index (χ3n) is 4.20. The van der Waals surface area contributed by atoms with Crippen molar-refractivity contribution < 1.29 is 0 Å². The van der Waals surface area contributed by atoms with Gasteiger partial charge in [-0.25, -0.2) is 0 Å². The summed E-state index contributed by atoms with van der Waals surface area (Å²) in [5.41, 5.74) is 4.82. The van der Waals surface area contributed by atoms with E-state index in [-0.39, 0.29) is 11.8 Å². The van der Waals surface area contributed by atoms with Crippen LogP contribution < -0.4 is 0 Å². The van der Waals surface area contributed by atoms with Crippen molar-refractivity contribution in [3.8, 4) is 6.07 Å². The molecule has 3 aromatic rings. The Morgan fingerprint density at radius 2 is 1.13 bits per heavy atom. The number of nitrogens with zero attached hydrogens (tertiary/aromatic N) is 1. The van der Waals surface area contributed by atoms with Crippen LogP contribution >= 0.6 is 0 Å². The first-order chi connectivity index (χ1) is 11.3. The topological polar surface area (TPSA) is 23.8 Å². The Morgan fingerprint density at radius 1 is 0.652 bits per heavy atom. The van der Waals surface area contributed by atoms with E-state index in [1.165, 1.54) is 16.7 Å². The van der Waals surface area contributed by atoms with Crippen LogP contribution in [0.25, 0.3) is 0 Å². The van der Waals surface area contributed by atoms with E-state index >= 15 is 0 Å². The second-order valence-electron chi connectivity index (χ2n) is 5.78. The minimum Gasteiger partial charge on any atom is -0.198 e. The molecule has 0 aliphatic heterocycles. The summed E-state index contributed by atoms with van der Waals surface area (Å²) in [4.78, 5) is 0. The van der Waals surface area contributed by atoms with Crippen molar-refractivity contribution in [2.24, 2.45) is 0 Å². The van der Waals surface area contributed by atoms with Crippen LogP contribution in [-0.4, -0.2) is 0 Å². The largest absolute Gasteiger partial charge is 0.198 e.